The van der Waals surface area contributed by atoms with Crippen LogP contribution in [0.5, 0.6) is 0 Å². The van der Waals surface area contributed by atoms with Crippen molar-refractivity contribution < 1.29 is 38.2 Å². The summed E-state index contributed by atoms with van der Waals surface area (Å²) in [4.78, 5) is 67.3. The number of rotatable bonds is 24. The minimum absolute atomic E-state index is 0.0379. The first-order valence-electron chi connectivity index (χ1n) is 19.4. The maximum Gasteiger partial charge on any atom is 0.417 e. The number of piperidine rings is 1. The number of nitrogens with two attached hydrogens (primary N) is 1. The Balaban J connectivity index is 2.14. The van der Waals surface area contributed by atoms with Crippen LogP contribution >= 0.6 is 0 Å². The lowest BCUT2D eigenvalue weighted by atomic mass is 9.95. The fourth-order valence-corrected chi connectivity index (χ4v) is 6.26. The molecule has 11 nitrogen and oxygen atoms in total. The maximum atomic E-state index is 14.0. The molecule has 0 saturated carbocycles. The van der Waals surface area contributed by atoms with Crippen molar-refractivity contribution in [1.82, 2.24) is 10.2 Å². The third-order valence-electron chi connectivity index (χ3n) is 9.04. The molecule has 3 amide bonds. The summed E-state index contributed by atoms with van der Waals surface area (Å²) in [7, 11) is 0. The molecule has 0 aliphatic carbocycles. The molecule has 0 radical (unpaired) electrons. The smallest absolute Gasteiger partial charge is 0.417 e. The van der Waals surface area contributed by atoms with Gasteiger partial charge in [0.25, 0.3) is 0 Å². The molecule has 1 aromatic carbocycles. The molecule has 0 bridgehead atoms. The van der Waals surface area contributed by atoms with Gasteiger partial charge in [0.1, 0.15) is 24.4 Å². The van der Waals surface area contributed by atoms with Gasteiger partial charge in [0, 0.05) is 12.3 Å². The van der Waals surface area contributed by atoms with Gasteiger partial charge in [-0.2, -0.15) is 0 Å². The number of esters is 2. The number of ether oxygens (including phenoxy) is 3. The van der Waals surface area contributed by atoms with E-state index in [-0.39, 0.29) is 32.3 Å². The molecule has 1 heterocycles. The van der Waals surface area contributed by atoms with Crippen molar-refractivity contribution in [3.63, 3.8) is 0 Å². The van der Waals surface area contributed by atoms with Crippen LogP contribution < -0.4 is 11.1 Å². The van der Waals surface area contributed by atoms with Crippen LogP contribution in [0.25, 0.3) is 0 Å². The first-order chi connectivity index (χ1) is 24.4. The predicted molar refractivity (Wildman–Crippen MR) is 197 cm³/mol. The summed E-state index contributed by atoms with van der Waals surface area (Å²) in [6.45, 7) is 8.58. The standard InChI is InChI=1S/C40H65N3O8/c1-5-6-7-8-9-10-11-12-13-14-18-22-33(29-35(41)44)50-38(47)34(23-19-24-36(45)49-30-31-20-16-15-17-21-31)43(39(48)51-40(2,3)4)37(46)32-25-27-42-28-26-32/h15-17,20-21,32-34,42H,5-14,18-19,22-30H2,1-4H3,(H2,41,44)/t33-,34-/m0/s1. The van der Waals surface area contributed by atoms with Crippen LogP contribution in [0.4, 0.5) is 4.79 Å². The molecular formula is C40H65N3O8. The molecule has 3 N–H and O–H groups in total. The highest BCUT2D eigenvalue weighted by atomic mass is 16.6. The fourth-order valence-electron chi connectivity index (χ4n) is 6.26. The molecule has 2 atom stereocenters. The van der Waals surface area contributed by atoms with E-state index in [2.05, 4.69) is 12.2 Å². The quantitative estimate of drug-likeness (QED) is 0.0628. The molecule has 51 heavy (non-hydrogen) atoms. The number of carbonyl (C=O) groups is 5. The van der Waals surface area contributed by atoms with E-state index in [4.69, 9.17) is 19.9 Å². The number of nitrogens with one attached hydrogen (secondary N) is 1. The van der Waals surface area contributed by atoms with E-state index in [0.717, 1.165) is 36.1 Å². The van der Waals surface area contributed by atoms with Crippen molar-refractivity contribution in [3.8, 4) is 0 Å². The van der Waals surface area contributed by atoms with Crippen molar-refractivity contribution in [3.05, 3.63) is 35.9 Å². The van der Waals surface area contributed by atoms with E-state index < -0.39 is 53.5 Å². The van der Waals surface area contributed by atoms with E-state index in [1.807, 2.05) is 30.3 Å². The number of amides is 3. The normalized spacial score (nSPS) is 14.7. The van der Waals surface area contributed by atoms with Crippen molar-refractivity contribution >= 4 is 29.8 Å². The summed E-state index contributed by atoms with van der Waals surface area (Å²) in [5.74, 6) is -2.92. The van der Waals surface area contributed by atoms with Crippen molar-refractivity contribution in [1.29, 1.82) is 0 Å². The summed E-state index contributed by atoms with van der Waals surface area (Å²) < 4.78 is 17.0. The van der Waals surface area contributed by atoms with E-state index >= 15 is 0 Å². The van der Waals surface area contributed by atoms with Crippen molar-refractivity contribution in [2.75, 3.05) is 13.1 Å². The zero-order valence-electron chi connectivity index (χ0n) is 31.8. The molecule has 0 spiro atoms. The maximum absolute atomic E-state index is 14.0. The Hall–Kier alpha value is -3.47. The first-order valence-corrected chi connectivity index (χ1v) is 19.4. The van der Waals surface area contributed by atoms with Crippen molar-refractivity contribution in [2.24, 2.45) is 11.7 Å². The van der Waals surface area contributed by atoms with E-state index in [1.165, 1.54) is 44.9 Å². The Morgan fingerprint density at radius 2 is 1.43 bits per heavy atom. The monoisotopic (exact) mass is 715 g/mol. The van der Waals surface area contributed by atoms with Gasteiger partial charge in [-0.3, -0.25) is 14.4 Å². The molecule has 1 fully saturated rings. The molecule has 1 aliphatic rings. The number of imide groups is 1. The van der Waals surface area contributed by atoms with Crippen molar-refractivity contribution in [2.45, 2.75) is 168 Å². The van der Waals surface area contributed by atoms with Gasteiger partial charge >= 0.3 is 18.0 Å². The average Bonchev–Trinajstić information content (AvgIpc) is 3.08. The van der Waals surface area contributed by atoms with Gasteiger partial charge in [-0.15, -0.1) is 0 Å². The molecule has 288 valence electrons. The van der Waals surface area contributed by atoms with Crippen LogP contribution in [-0.4, -0.2) is 65.6 Å². The second-order valence-electron chi connectivity index (χ2n) is 14.8. The van der Waals surface area contributed by atoms with Crippen LogP contribution in [0.1, 0.15) is 149 Å². The lowest BCUT2D eigenvalue weighted by Gasteiger charge is -2.34. The molecule has 1 aliphatic heterocycles. The number of carbonyl (C=O) groups excluding carboxylic acids is 5. The first kappa shape index (κ1) is 43.7. The number of primary amides is 1. The lowest BCUT2D eigenvalue weighted by Crippen LogP contribution is -2.54. The minimum atomic E-state index is -1.36. The van der Waals surface area contributed by atoms with Crippen LogP contribution in [0.15, 0.2) is 30.3 Å². The molecule has 1 aromatic rings. The van der Waals surface area contributed by atoms with Gasteiger partial charge in [0.05, 0.1) is 6.42 Å². The van der Waals surface area contributed by atoms with Gasteiger partial charge in [-0.25, -0.2) is 14.5 Å². The summed E-state index contributed by atoms with van der Waals surface area (Å²) >= 11 is 0. The largest absolute Gasteiger partial charge is 0.461 e. The Kier molecular flexibility index (Phi) is 21.1. The SMILES string of the molecule is CCCCCCCCCCCCC[C@@H](CC(N)=O)OC(=O)[C@H](CCCC(=O)OCc1ccccc1)N(C(=O)OC(C)(C)C)C(=O)C1CCNCC1. The predicted octanol–water partition coefficient (Wildman–Crippen LogP) is 7.52. The van der Waals surface area contributed by atoms with Crippen LogP contribution in [-0.2, 0) is 40.0 Å². The number of unbranched alkanes of at least 4 members (excludes halogenated alkanes) is 10. The van der Waals surface area contributed by atoms with E-state index in [1.54, 1.807) is 20.8 Å². The van der Waals surface area contributed by atoms with Gasteiger partial charge < -0.3 is 25.3 Å². The second kappa shape index (κ2) is 24.7. The molecular weight excluding hydrogens is 650 g/mol. The highest BCUT2D eigenvalue weighted by molar-refractivity contribution is 5.98. The number of hydrogen-bond acceptors (Lipinski definition) is 9. The fraction of sp³-hybridized carbons (Fsp3) is 0.725. The molecule has 11 heteroatoms. The van der Waals surface area contributed by atoms with Crippen LogP contribution in [0.3, 0.4) is 0 Å². The lowest BCUT2D eigenvalue weighted by molar-refractivity contribution is -0.162. The molecule has 0 unspecified atom stereocenters. The van der Waals surface area contributed by atoms with E-state index in [9.17, 15) is 24.0 Å². The summed E-state index contributed by atoms with van der Waals surface area (Å²) in [6, 6.07) is 7.92. The Labute approximate surface area is 306 Å². The summed E-state index contributed by atoms with van der Waals surface area (Å²) in [6.07, 6.45) is 12.3. The van der Waals surface area contributed by atoms with Crippen LogP contribution in [0, 0.1) is 5.92 Å². The Bertz CT molecular complexity index is 1180. The van der Waals surface area contributed by atoms with Crippen LogP contribution in [0.2, 0.25) is 0 Å². The third-order valence-corrected chi connectivity index (χ3v) is 9.04. The highest BCUT2D eigenvalue weighted by Crippen LogP contribution is 2.25. The topological polar surface area (TPSA) is 154 Å². The van der Waals surface area contributed by atoms with Gasteiger partial charge in [0.15, 0.2) is 0 Å². The van der Waals surface area contributed by atoms with Gasteiger partial charge in [-0.1, -0.05) is 101 Å². The third kappa shape index (κ3) is 19.1. The second-order valence-corrected chi connectivity index (χ2v) is 14.8. The average molecular weight is 716 g/mol. The molecule has 0 aromatic heterocycles. The van der Waals surface area contributed by atoms with Gasteiger partial charge in [0.2, 0.25) is 11.8 Å². The number of nitrogens with zero attached hydrogens (tertiary/aromatic N) is 1. The number of hydrogen-bond donors (Lipinski definition) is 2. The Morgan fingerprint density at radius 1 is 0.843 bits per heavy atom. The zero-order chi connectivity index (χ0) is 37.5. The molecule has 1 saturated heterocycles. The highest BCUT2D eigenvalue weighted by Gasteiger charge is 2.42. The number of benzene rings is 1. The molecule has 2 rings (SSSR count). The summed E-state index contributed by atoms with van der Waals surface area (Å²) in [5.41, 5.74) is 5.46. The van der Waals surface area contributed by atoms with Gasteiger partial charge in [-0.05, 0) is 77.9 Å². The minimum Gasteiger partial charge on any atom is -0.461 e. The Morgan fingerprint density at radius 3 is 2.00 bits per heavy atom. The van der Waals surface area contributed by atoms with E-state index in [0.29, 0.717) is 32.4 Å². The zero-order valence-corrected chi connectivity index (χ0v) is 31.8. The summed E-state index contributed by atoms with van der Waals surface area (Å²) in [5, 5.41) is 3.22.